The Morgan fingerprint density at radius 1 is 0.911 bits per heavy atom. The van der Waals surface area contributed by atoms with Gasteiger partial charge in [0.15, 0.2) is 0 Å². The van der Waals surface area contributed by atoms with Crippen LogP contribution in [0.25, 0.3) is 0 Å². The Labute approximate surface area is 323 Å². The Kier molecular flexibility index (Phi) is 14.7. The lowest BCUT2D eigenvalue weighted by atomic mass is 9.94. The number of benzene rings is 2. The van der Waals surface area contributed by atoms with Crippen molar-refractivity contribution in [2.75, 3.05) is 44.9 Å². The lowest BCUT2D eigenvalue weighted by molar-refractivity contribution is -0.165. The van der Waals surface area contributed by atoms with Crippen LogP contribution in [0.3, 0.4) is 0 Å². The Hall–Kier alpha value is -5.36. The van der Waals surface area contributed by atoms with Crippen molar-refractivity contribution in [2.24, 2.45) is 5.92 Å². The maximum absolute atomic E-state index is 15.0. The summed E-state index contributed by atoms with van der Waals surface area (Å²) in [4.78, 5) is 72.8. The van der Waals surface area contributed by atoms with Crippen LogP contribution in [0, 0.1) is 5.92 Å². The Bertz CT molecular complexity index is 1860. The SMILES string of the molecule is COc1ccc(C(NC(=O)C(Cc2cccc(Cl)c2)NC(=O)c2ccc(N3CCOCC3)cn2)C(=O)NC(C(=O)C(F)(F)C(=O)NCC(F)(F)F)C(C)C)cc1. The molecule has 0 radical (unpaired) electrons. The number of amides is 4. The molecule has 2 aromatic carbocycles. The largest absolute Gasteiger partial charge is 0.497 e. The molecule has 0 saturated carbocycles. The first kappa shape index (κ1) is 43.4. The van der Waals surface area contributed by atoms with E-state index in [0.29, 0.717) is 42.6 Å². The van der Waals surface area contributed by atoms with Crippen molar-refractivity contribution in [3.63, 3.8) is 0 Å². The second-order valence-electron chi connectivity index (χ2n) is 13.0. The minimum Gasteiger partial charge on any atom is -0.497 e. The lowest BCUT2D eigenvalue weighted by Gasteiger charge is -2.29. The number of alkyl halides is 5. The summed E-state index contributed by atoms with van der Waals surface area (Å²) in [6.45, 7) is 2.70. The molecule has 0 aliphatic carbocycles. The number of nitrogens with one attached hydrogen (secondary N) is 4. The second-order valence-corrected chi connectivity index (χ2v) is 13.5. The van der Waals surface area contributed by atoms with Crippen LogP contribution < -0.4 is 30.9 Å². The number of hydrogen-bond donors (Lipinski definition) is 4. The fraction of sp³-hybridized carbons (Fsp3) is 0.405. The molecule has 4 N–H and O–H groups in total. The minimum absolute atomic E-state index is 0.0335. The number of halogens is 6. The second kappa shape index (κ2) is 19.0. The van der Waals surface area contributed by atoms with Crippen LogP contribution >= 0.6 is 11.6 Å². The topological polar surface area (TPSA) is 168 Å². The molecule has 0 bridgehead atoms. The van der Waals surface area contributed by atoms with Crippen molar-refractivity contribution in [1.82, 2.24) is 26.3 Å². The number of morpholine rings is 1. The summed E-state index contributed by atoms with van der Waals surface area (Å²) >= 11 is 6.18. The molecule has 2 heterocycles. The fourth-order valence-corrected chi connectivity index (χ4v) is 5.79. The van der Waals surface area contributed by atoms with Gasteiger partial charge in [-0.05, 0) is 53.4 Å². The Morgan fingerprint density at radius 2 is 1.59 bits per heavy atom. The highest BCUT2D eigenvalue weighted by molar-refractivity contribution is 6.30. The first-order chi connectivity index (χ1) is 26.4. The van der Waals surface area contributed by atoms with Crippen molar-refractivity contribution in [3.05, 3.63) is 88.7 Å². The first-order valence-electron chi connectivity index (χ1n) is 17.3. The number of anilines is 1. The van der Waals surface area contributed by atoms with Crippen LogP contribution in [0.5, 0.6) is 5.75 Å². The molecule has 19 heteroatoms. The summed E-state index contributed by atoms with van der Waals surface area (Å²) < 4.78 is 78.3. The van der Waals surface area contributed by atoms with Crippen LogP contribution in [-0.2, 0) is 30.3 Å². The van der Waals surface area contributed by atoms with Gasteiger partial charge in [0.05, 0.1) is 38.2 Å². The number of hydrogen-bond acceptors (Lipinski definition) is 9. The van der Waals surface area contributed by atoms with E-state index < -0.39 is 72.1 Å². The molecule has 1 aromatic heterocycles. The van der Waals surface area contributed by atoms with E-state index in [2.05, 4.69) is 20.9 Å². The van der Waals surface area contributed by atoms with Crippen LogP contribution in [0.4, 0.5) is 27.6 Å². The van der Waals surface area contributed by atoms with E-state index in [4.69, 9.17) is 21.1 Å². The molecule has 1 aliphatic rings. The summed E-state index contributed by atoms with van der Waals surface area (Å²) in [6, 6.07) is 10.00. The molecule has 302 valence electrons. The standard InChI is InChI=1S/C37H40ClF5N6O7/c1-21(2)29(31(50)37(42,43)35(54)45-20-36(39,40)41)47-34(53)30(23-7-10-26(55-3)11-8-23)48-33(52)28(18-22-5-4-6-24(38)17-22)46-32(51)27-12-9-25(19-44-27)49-13-15-56-16-14-49/h4-12,17,19,21,28-30H,13-16,18,20H2,1-3H3,(H,45,54)(H,46,51)(H,47,53)(H,48,52). The number of nitrogens with zero attached hydrogens (tertiary/aromatic N) is 2. The lowest BCUT2D eigenvalue weighted by Crippen LogP contribution is -2.58. The molecule has 1 fully saturated rings. The molecule has 0 spiro atoms. The predicted octanol–water partition coefficient (Wildman–Crippen LogP) is 3.80. The molecule has 4 amide bonds. The van der Waals surface area contributed by atoms with Gasteiger partial charge in [0, 0.05) is 24.5 Å². The molecule has 3 atom stereocenters. The van der Waals surface area contributed by atoms with Crippen LogP contribution in [0.15, 0.2) is 66.9 Å². The molecular weight excluding hydrogens is 771 g/mol. The summed E-state index contributed by atoms with van der Waals surface area (Å²) in [5, 5.41) is 8.59. The molecule has 13 nitrogen and oxygen atoms in total. The highest BCUT2D eigenvalue weighted by Gasteiger charge is 2.52. The highest BCUT2D eigenvalue weighted by Crippen LogP contribution is 2.24. The Balaban J connectivity index is 1.62. The number of ketones is 1. The summed E-state index contributed by atoms with van der Waals surface area (Å²) in [6.07, 6.45) is -3.68. The minimum atomic E-state index is -5.04. The molecule has 3 aromatic rings. The van der Waals surface area contributed by atoms with Gasteiger partial charge < -0.3 is 35.6 Å². The van der Waals surface area contributed by atoms with Crippen molar-refractivity contribution < 1.29 is 55.4 Å². The zero-order chi connectivity index (χ0) is 41.2. The molecule has 1 aliphatic heterocycles. The van der Waals surface area contributed by atoms with E-state index in [1.54, 1.807) is 30.3 Å². The van der Waals surface area contributed by atoms with Gasteiger partial charge in [-0.3, -0.25) is 24.0 Å². The van der Waals surface area contributed by atoms with E-state index >= 15 is 0 Å². The van der Waals surface area contributed by atoms with Gasteiger partial charge in [0.25, 0.3) is 11.8 Å². The van der Waals surface area contributed by atoms with Crippen molar-refractivity contribution in [3.8, 4) is 5.75 Å². The van der Waals surface area contributed by atoms with Crippen molar-refractivity contribution in [2.45, 2.75) is 50.5 Å². The maximum atomic E-state index is 15.0. The predicted molar refractivity (Wildman–Crippen MR) is 193 cm³/mol. The third-order valence-corrected chi connectivity index (χ3v) is 8.83. The molecular formula is C37H40ClF5N6O7. The van der Waals surface area contributed by atoms with Gasteiger partial charge in [-0.2, -0.15) is 22.0 Å². The third-order valence-electron chi connectivity index (χ3n) is 8.60. The highest BCUT2D eigenvalue weighted by atomic mass is 35.5. The van der Waals surface area contributed by atoms with Crippen LogP contribution in [0.1, 0.15) is 41.5 Å². The van der Waals surface area contributed by atoms with Gasteiger partial charge in [0.1, 0.15) is 30.1 Å². The van der Waals surface area contributed by atoms with Gasteiger partial charge >= 0.3 is 12.1 Å². The number of aromatic nitrogens is 1. The number of ether oxygens (including phenoxy) is 2. The third kappa shape index (κ3) is 11.8. The maximum Gasteiger partial charge on any atom is 0.405 e. The molecule has 3 unspecified atom stereocenters. The van der Waals surface area contributed by atoms with Gasteiger partial charge in [-0.15, -0.1) is 0 Å². The number of pyridine rings is 1. The quantitative estimate of drug-likeness (QED) is 0.124. The number of carbonyl (C=O) groups excluding carboxylic acids is 5. The van der Waals surface area contributed by atoms with E-state index in [-0.39, 0.29) is 17.7 Å². The van der Waals surface area contributed by atoms with Crippen molar-refractivity contribution in [1.29, 1.82) is 0 Å². The van der Waals surface area contributed by atoms with Crippen LogP contribution in [0.2, 0.25) is 5.02 Å². The summed E-state index contributed by atoms with van der Waals surface area (Å²) in [5.74, 6) is -13.3. The van der Waals surface area contributed by atoms with E-state index in [1.165, 1.54) is 57.5 Å². The van der Waals surface area contributed by atoms with Gasteiger partial charge in [-0.1, -0.05) is 49.7 Å². The van der Waals surface area contributed by atoms with Crippen LogP contribution in [-0.4, -0.2) is 98.5 Å². The van der Waals surface area contributed by atoms with Crippen molar-refractivity contribution >= 4 is 46.7 Å². The smallest absolute Gasteiger partial charge is 0.405 e. The van der Waals surface area contributed by atoms with E-state index in [0.717, 1.165) is 11.0 Å². The monoisotopic (exact) mass is 810 g/mol. The van der Waals surface area contributed by atoms with Gasteiger partial charge in [0.2, 0.25) is 17.6 Å². The molecule has 4 rings (SSSR count). The first-order valence-corrected chi connectivity index (χ1v) is 17.6. The zero-order valence-electron chi connectivity index (χ0n) is 30.4. The number of carbonyl (C=O) groups is 5. The van der Waals surface area contributed by atoms with E-state index in [1.807, 2.05) is 4.90 Å². The zero-order valence-corrected chi connectivity index (χ0v) is 31.2. The average molecular weight is 811 g/mol. The number of Topliss-reactive ketones (excluding diaryl/α,β-unsaturated/α-hetero) is 1. The fourth-order valence-electron chi connectivity index (χ4n) is 5.58. The van der Waals surface area contributed by atoms with E-state index in [9.17, 15) is 45.9 Å². The summed E-state index contributed by atoms with van der Waals surface area (Å²) in [7, 11) is 1.37. The van der Waals surface area contributed by atoms with Gasteiger partial charge in [-0.25, -0.2) is 4.98 Å². The Morgan fingerprint density at radius 3 is 2.16 bits per heavy atom. The number of methoxy groups -OCH3 is 1. The number of rotatable bonds is 16. The summed E-state index contributed by atoms with van der Waals surface area (Å²) in [5.41, 5.74) is 1.31. The molecule has 1 saturated heterocycles. The normalized spacial score (nSPS) is 14.9. The molecule has 56 heavy (non-hydrogen) atoms. The average Bonchev–Trinajstić information content (AvgIpc) is 3.17.